The molecule has 1 atom stereocenters. The van der Waals surface area contributed by atoms with Crippen LogP contribution in [0.3, 0.4) is 0 Å². The van der Waals surface area contributed by atoms with E-state index in [0.29, 0.717) is 0 Å². The zero-order valence-electron chi connectivity index (χ0n) is 9.39. The molecule has 1 aromatic carbocycles. The number of alkyl halides is 6. The van der Waals surface area contributed by atoms with Gasteiger partial charge in [0.2, 0.25) is 0 Å². The fourth-order valence-corrected chi connectivity index (χ4v) is 1.68. The van der Waals surface area contributed by atoms with Crippen LogP contribution in [0.5, 0.6) is 0 Å². The van der Waals surface area contributed by atoms with Crippen molar-refractivity contribution in [2.24, 2.45) is 11.7 Å². The molecule has 0 heterocycles. The molecule has 19 heavy (non-hydrogen) atoms. The first-order valence-corrected chi connectivity index (χ1v) is 5.15. The van der Waals surface area contributed by atoms with Crippen LogP contribution in [-0.4, -0.2) is 18.4 Å². The van der Waals surface area contributed by atoms with E-state index in [1.807, 2.05) is 0 Å². The van der Waals surface area contributed by atoms with Gasteiger partial charge in [0.25, 0.3) is 0 Å². The van der Waals surface area contributed by atoms with Crippen LogP contribution < -0.4 is 5.73 Å². The van der Waals surface area contributed by atoms with E-state index in [1.165, 1.54) is 0 Å². The lowest BCUT2D eigenvalue weighted by molar-refractivity contribution is -0.289. The van der Waals surface area contributed by atoms with Crippen LogP contribution >= 0.6 is 0 Å². The maximum Gasteiger partial charge on any atom is 0.402 e. The van der Waals surface area contributed by atoms with Gasteiger partial charge in [0.05, 0.1) is 0 Å². The summed E-state index contributed by atoms with van der Waals surface area (Å²) in [6.45, 7) is 0. The molecule has 1 aromatic rings. The molecule has 0 aromatic heterocycles. The normalized spacial score (nSPS) is 14.8. The average Bonchev–Trinajstić information content (AvgIpc) is 2.16. The highest BCUT2D eigenvalue weighted by Gasteiger charge is 2.59. The summed E-state index contributed by atoms with van der Waals surface area (Å²) < 4.78 is 86.8. The Hall–Kier alpha value is -1.31. The van der Waals surface area contributed by atoms with Crippen molar-refractivity contribution in [2.75, 3.05) is 0 Å². The average molecular weight is 289 g/mol. The summed E-state index contributed by atoms with van der Waals surface area (Å²) >= 11 is 0. The van der Waals surface area contributed by atoms with Gasteiger partial charge in [-0.3, -0.25) is 0 Å². The van der Waals surface area contributed by atoms with E-state index in [4.69, 9.17) is 5.73 Å². The van der Waals surface area contributed by atoms with E-state index in [2.05, 4.69) is 0 Å². The molecule has 0 aliphatic rings. The Labute approximate surface area is 104 Å². The maximum atomic E-state index is 12.6. The number of halogens is 7. The number of hydrogen-bond donors (Lipinski definition) is 1. The van der Waals surface area contributed by atoms with Gasteiger partial charge in [-0.2, -0.15) is 26.3 Å². The van der Waals surface area contributed by atoms with Crippen LogP contribution in [0, 0.1) is 11.7 Å². The number of rotatable bonds is 3. The smallest absolute Gasteiger partial charge is 0.327 e. The number of hydrogen-bond acceptors (Lipinski definition) is 1. The first-order chi connectivity index (χ1) is 8.51. The van der Waals surface area contributed by atoms with Gasteiger partial charge in [0.15, 0.2) is 5.92 Å². The fourth-order valence-electron chi connectivity index (χ4n) is 1.68. The SMILES string of the molecule is NC(Cc1ccc(F)cc1)C(C(F)(F)F)C(F)(F)F. The van der Waals surface area contributed by atoms with Crippen LogP contribution in [0.4, 0.5) is 30.7 Å². The predicted molar refractivity (Wildman–Crippen MR) is 53.7 cm³/mol. The first-order valence-electron chi connectivity index (χ1n) is 5.15. The number of benzene rings is 1. The van der Waals surface area contributed by atoms with Crippen LogP contribution in [0.1, 0.15) is 5.56 Å². The van der Waals surface area contributed by atoms with E-state index in [9.17, 15) is 30.7 Å². The molecule has 0 saturated heterocycles. The molecule has 0 aliphatic carbocycles. The van der Waals surface area contributed by atoms with Gasteiger partial charge in [0.1, 0.15) is 5.82 Å². The minimum atomic E-state index is -5.47. The topological polar surface area (TPSA) is 26.0 Å². The summed E-state index contributed by atoms with van der Waals surface area (Å²) in [5, 5.41) is 0. The van der Waals surface area contributed by atoms with Crippen molar-refractivity contribution in [1.82, 2.24) is 0 Å². The molecule has 0 aliphatic heterocycles. The van der Waals surface area contributed by atoms with Gasteiger partial charge in [-0.1, -0.05) is 12.1 Å². The van der Waals surface area contributed by atoms with Crippen molar-refractivity contribution in [2.45, 2.75) is 24.8 Å². The summed E-state index contributed by atoms with van der Waals surface area (Å²) in [6.07, 6.45) is -11.6. The zero-order chi connectivity index (χ0) is 14.8. The summed E-state index contributed by atoms with van der Waals surface area (Å²) in [7, 11) is 0. The highest BCUT2D eigenvalue weighted by atomic mass is 19.4. The van der Waals surface area contributed by atoms with E-state index in [-0.39, 0.29) is 5.56 Å². The molecule has 8 heteroatoms. The number of nitrogens with two attached hydrogens (primary N) is 1. The first kappa shape index (κ1) is 15.7. The van der Waals surface area contributed by atoms with Crippen molar-refractivity contribution in [3.05, 3.63) is 35.6 Å². The summed E-state index contributed by atoms with van der Waals surface area (Å²) in [6, 6.07) is 1.90. The third-order valence-corrected chi connectivity index (χ3v) is 2.52. The van der Waals surface area contributed by atoms with Crippen molar-refractivity contribution >= 4 is 0 Å². The Bertz CT molecular complexity index is 393. The lowest BCUT2D eigenvalue weighted by Crippen LogP contribution is -2.49. The molecule has 2 N–H and O–H groups in total. The van der Waals surface area contributed by atoms with Crippen molar-refractivity contribution in [3.8, 4) is 0 Å². The molecule has 0 spiro atoms. The van der Waals surface area contributed by atoms with Gasteiger partial charge < -0.3 is 5.73 Å². The molecular weight excluding hydrogens is 279 g/mol. The van der Waals surface area contributed by atoms with Crippen LogP contribution in [0.2, 0.25) is 0 Å². The minimum absolute atomic E-state index is 0.104. The molecule has 1 unspecified atom stereocenters. The van der Waals surface area contributed by atoms with Crippen LogP contribution in [-0.2, 0) is 6.42 Å². The fraction of sp³-hybridized carbons (Fsp3) is 0.455. The molecule has 0 amide bonds. The zero-order valence-corrected chi connectivity index (χ0v) is 9.39. The minimum Gasteiger partial charge on any atom is -0.327 e. The van der Waals surface area contributed by atoms with Gasteiger partial charge in [-0.05, 0) is 24.1 Å². The third kappa shape index (κ3) is 4.38. The van der Waals surface area contributed by atoms with Crippen molar-refractivity contribution < 1.29 is 30.7 Å². The Morgan fingerprint density at radius 3 is 1.68 bits per heavy atom. The summed E-state index contributed by atoms with van der Waals surface area (Å²) in [5.41, 5.74) is 5.13. The standard InChI is InChI=1S/C11H10F7N/c12-7-3-1-6(2-4-7)5-8(19)9(10(13,14)15)11(16,17)18/h1-4,8-9H,5,19H2. The van der Waals surface area contributed by atoms with Gasteiger partial charge in [0, 0.05) is 6.04 Å². The predicted octanol–water partition coefficient (Wildman–Crippen LogP) is 3.44. The highest BCUT2D eigenvalue weighted by Crippen LogP contribution is 2.41. The van der Waals surface area contributed by atoms with Crippen LogP contribution in [0.25, 0.3) is 0 Å². The van der Waals surface area contributed by atoms with E-state index >= 15 is 0 Å². The Morgan fingerprint density at radius 2 is 1.32 bits per heavy atom. The van der Waals surface area contributed by atoms with Crippen molar-refractivity contribution in [1.29, 1.82) is 0 Å². The molecule has 0 saturated carbocycles. The van der Waals surface area contributed by atoms with Gasteiger partial charge in [-0.25, -0.2) is 4.39 Å². The van der Waals surface area contributed by atoms with Crippen LogP contribution in [0.15, 0.2) is 24.3 Å². The summed E-state index contributed by atoms with van der Waals surface area (Å²) in [4.78, 5) is 0. The largest absolute Gasteiger partial charge is 0.402 e. The van der Waals surface area contributed by atoms with E-state index < -0.39 is 36.6 Å². The van der Waals surface area contributed by atoms with Gasteiger partial charge >= 0.3 is 12.4 Å². The molecule has 108 valence electrons. The van der Waals surface area contributed by atoms with Crippen molar-refractivity contribution in [3.63, 3.8) is 0 Å². The Kier molecular flexibility index (Phi) is 4.44. The molecule has 1 nitrogen and oxygen atoms in total. The quantitative estimate of drug-likeness (QED) is 0.848. The molecule has 0 fully saturated rings. The summed E-state index contributed by atoms with van der Waals surface area (Å²) in [5.74, 6) is -4.24. The molecule has 0 radical (unpaired) electrons. The molecule has 1 rings (SSSR count). The monoisotopic (exact) mass is 289 g/mol. The lowest BCUT2D eigenvalue weighted by Gasteiger charge is -2.28. The Morgan fingerprint density at radius 1 is 0.895 bits per heavy atom. The van der Waals surface area contributed by atoms with E-state index in [0.717, 1.165) is 24.3 Å². The Balaban J connectivity index is 2.89. The highest BCUT2D eigenvalue weighted by molar-refractivity contribution is 5.17. The second-order valence-corrected chi connectivity index (χ2v) is 4.06. The molecular formula is C11H10F7N. The van der Waals surface area contributed by atoms with Gasteiger partial charge in [-0.15, -0.1) is 0 Å². The van der Waals surface area contributed by atoms with E-state index in [1.54, 1.807) is 0 Å². The molecule has 0 bridgehead atoms. The maximum absolute atomic E-state index is 12.6. The lowest BCUT2D eigenvalue weighted by atomic mass is 9.93. The third-order valence-electron chi connectivity index (χ3n) is 2.52. The second kappa shape index (κ2) is 5.36. The second-order valence-electron chi connectivity index (χ2n) is 4.06.